The van der Waals surface area contributed by atoms with Crippen LogP contribution in [0.15, 0.2) is 84.9 Å². The molecule has 5 aromatic rings. The number of hydrogen-bond donors (Lipinski definition) is 3. The van der Waals surface area contributed by atoms with Crippen molar-refractivity contribution in [3.05, 3.63) is 101 Å². The maximum absolute atomic E-state index is 14.2. The molecule has 0 atom stereocenters. The molecule has 202 valence electrons. The lowest BCUT2D eigenvalue weighted by Gasteiger charge is -2.23. The lowest BCUT2D eigenvalue weighted by atomic mass is 9.86. The van der Waals surface area contributed by atoms with Gasteiger partial charge in [-0.2, -0.15) is 5.21 Å². The number of ether oxygens (including phenoxy) is 1. The summed E-state index contributed by atoms with van der Waals surface area (Å²) in [5, 5.41) is 20.1. The Morgan fingerprint density at radius 1 is 0.875 bits per heavy atom. The topological polar surface area (TPSA) is 105 Å². The van der Waals surface area contributed by atoms with Crippen molar-refractivity contribution in [1.29, 1.82) is 0 Å². The lowest BCUT2D eigenvalue weighted by Crippen LogP contribution is -2.20. The number of halogens is 2. The zero-order valence-electron chi connectivity index (χ0n) is 22.0. The summed E-state index contributed by atoms with van der Waals surface area (Å²) in [4.78, 5) is 13.1. The number of hydrogen-bond acceptors (Lipinski definition) is 5. The zero-order chi connectivity index (χ0) is 28.3. The van der Waals surface area contributed by atoms with Gasteiger partial charge in [0.15, 0.2) is 5.75 Å². The number of tetrazole rings is 1. The summed E-state index contributed by atoms with van der Waals surface area (Å²) in [5.74, 6) is 0.865. The second kappa shape index (κ2) is 11.2. The van der Waals surface area contributed by atoms with Crippen LogP contribution in [-0.2, 0) is 5.41 Å². The molecule has 0 saturated carbocycles. The van der Waals surface area contributed by atoms with Crippen LogP contribution in [0.25, 0.3) is 22.5 Å². The summed E-state index contributed by atoms with van der Waals surface area (Å²) in [5.41, 5.74) is 3.41. The molecule has 4 aromatic carbocycles. The van der Waals surface area contributed by atoms with E-state index >= 15 is 0 Å². The van der Waals surface area contributed by atoms with E-state index in [1.54, 1.807) is 42.5 Å². The average Bonchev–Trinajstić information content (AvgIpc) is 3.46. The zero-order valence-corrected chi connectivity index (χ0v) is 22.8. The van der Waals surface area contributed by atoms with Crippen molar-refractivity contribution in [2.24, 2.45) is 0 Å². The Morgan fingerprint density at radius 3 is 2.38 bits per heavy atom. The van der Waals surface area contributed by atoms with E-state index in [2.05, 4.69) is 52.0 Å². The Hall–Kier alpha value is -4.76. The van der Waals surface area contributed by atoms with Gasteiger partial charge in [0.2, 0.25) is 5.82 Å². The van der Waals surface area contributed by atoms with Crippen LogP contribution in [0, 0.1) is 5.82 Å². The van der Waals surface area contributed by atoms with Gasteiger partial charge in [0.1, 0.15) is 11.6 Å². The van der Waals surface area contributed by atoms with Crippen LogP contribution in [0.4, 0.5) is 20.6 Å². The van der Waals surface area contributed by atoms with E-state index in [0.717, 1.165) is 5.56 Å². The van der Waals surface area contributed by atoms with Crippen LogP contribution in [0.5, 0.6) is 11.5 Å². The molecule has 0 fully saturated rings. The van der Waals surface area contributed by atoms with Crippen molar-refractivity contribution < 1.29 is 13.9 Å². The Morgan fingerprint density at radius 2 is 1.62 bits per heavy atom. The van der Waals surface area contributed by atoms with Crippen LogP contribution in [0.1, 0.15) is 26.3 Å². The number of aromatic nitrogens is 4. The first-order valence-electron chi connectivity index (χ1n) is 12.5. The summed E-state index contributed by atoms with van der Waals surface area (Å²) >= 11 is 6.24. The fourth-order valence-electron chi connectivity index (χ4n) is 4.25. The third-order valence-corrected chi connectivity index (χ3v) is 6.47. The average molecular weight is 557 g/mol. The maximum atomic E-state index is 14.2. The molecular formula is C30H26ClFN6O2. The van der Waals surface area contributed by atoms with Crippen LogP contribution >= 0.6 is 11.6 Å². The van der Waals surface area contributed by atoms with E-state index in [1.807, 2.05) is 30.3 Å². The molecule has 10 heteroatoms. The van der Waals surface area contributed by atoms with Gasteiger partial charge >= 0.3 is 6.03 Å². The van der Waals surface area contributed by atoms with Gasteiger partial charge in [0.05, 0.1) is 16.4 Å². The summed E-state index contributed by atoms with van der Waals surface area (Å²) in [6.07, 6.45) is 0. The number of rotatable bonds is 6. The molecule has 0 aliphatic rings. The van der Waals surface area contributed by atoms with Gasteiger partial charge in [0.25, 0.3) is 0 Å². The second-order valence-corrected chi connectivity index (χ2v) is 10.5. The van der Waals surface area contributed by atoms with Crippen molar-refractivity contribution in [1.82, 2.24) is 20.6 Å². The maximum Gasteiger partial charge on any atom is 0.323 e. The molecule has 1 heterocycles. The predicted octanol–water partition coefficient (Wildman–Crippen LogP) is 8.06. The molecule has 5 rings (SSSR count). The van der Waals surface area contributed by atoms with Crippen LogP contribution in [0.3, 0.4) is 0 Å². The largest absolute Gasteiger partial charge is 0.455 e. The number of anilines is 2. The molecule has 0 spiro atoms. The highest BCUT2D eigenvalue weighted by molar-refractivity contribution is 6.33. The minimum atomic E-state index is -0.517. The second-order valence-electron chi connectivity index (χ2n) is 10.0. The molecule has 0 unspecified atom stereocenters. The normalized spacial score (nSPS) is 11.2. The van der Waals surface area contributed by atoms with Crippen molar-refractivity contribution in [3.8, 4) is 34.0 Å². The Bertz CT molecular complexity index is 1670. The number of urea groups is 1. The lowest BCUT2D eigenvalue weighted by molar-refractivity contribution is 0.262. The van der Waals surface area contributed by atoms with E-state index in [0.29, 0.717) is 44.6 Å². The van der Waals surface area contributed by atoms with E-state index in [4.69, 9.17) is 16.3 Å². The molecule has 0 bridgehead atoms. The van der Waals surface area contributed by atoms with E-state index in [9.17, 15) is 9.18 Å². The minimum Gasteiger partial charge on any atom is -0.455 e. The first-order valence-corrected chi connectivity index (χ1v) is 12.8. The van der Waals surface area contributed by atoms with Crippen molar-refractivity contribution in [2.45, 2.75) is 26.2 Å². The number of nitrogens with one attached hydrogen (secondary N) is 3. The van der Waals surface area contributed by atoms with E-state index < -0.39 is 11.8 Å². The van der Waals surface area contributed by atoms with Crippen LogP contribution in [0.2, 0.25) is 5.02 Å². The highest BCUT2D eigenvalue weighted by atomic mass is 35.5. The number of H-pyrrole nitrogens is 1. The number of benzene rings is 4. The number of carbonyl (C=O) groups is 1. The number of aromatic amines is 1. The molecule has 0 saturated heterocycles. The minimum absolute atomic E-state index is 0.181. The fraction of sp³-hybridized carbons (Fsp3) is 0.133. The first-order chi connectivity index (χ1) is 19.2. The van der Waals surface area contributed by atoms with Crippen LogP contribution in [-0.4, -0.2) is 26.7 Å². The standard InChI is InChI=1S/C30H26ClFN6O2/c1-30(2,3)22-8-4-7-11-26(22)40-27-15-12-18(20-14-13-19(32)17-21(20)28-35-37-38-36-28)16-25(27)34-29(39)33-24-10-6-5-9-23(24)31/h4-17H,1-3H3,(H2,33,34,39)(H,35,36,37,38). The summed E-state index contributed by atoms with van der Waals surface area (Å²) in [6, 6.07) is 23.8. The highest BCUT2D eigenvalue weighted by Crippen LogP contribution is 2.40. The highest BCUT2D eigenvalue weighted by Gasteiger charge is 2.21. The van der Waals surface area contributed by atoms with Gasteiger partial charge in [-0.1, -0.05) is 74.8 Å². The molecule has 0 aliphatic heterocycles. The monoisotopic (exact) mass is 556 g/mol. The summed E-state index contributed by atoms with van der Waals surface area (Å²) in [7, 11) is 0. The van der Waals surface area contributed by atoms with Gasteiger partial charge in [-0.25, -0.2) is 9.18 Å². The van der Waals surface area contributed by atoms with Gasteiger partial charge < -0.3 is 15.4 Å². The third kappa shape index (κ3) is 5.94. The molecule has 0 aliphatic carbocycles. The molecule has 8 nitrogen and oxygen atoms in total. The van der Waals surface area contributed by atoms with Crippen molar-refractivity contribution in [3.63, 3.8) is 0 Å². The van der Waals surface area contributed by atoms with E-state index in [1.165, 1.54) is 12.1 Å². The number of amides is 2. The molecule has 3 N–H and O–H groups in total. The van der Waals surface area contributed by atoms with Gasteiger partial charge in [-0.3, -0.25) is 0 Å². The van der Waals surface area contributed by atoms with Crippen LogP contribution < -0.4 is 15.4 Å². The number of carbonyl (C=O) groups excluding carboxylic acids is 1. The van der Waals surface area contributed by atoms with Gasteiger partial charge in [-0.05, 0) is 64.2 Å². The number of para-hydroxylation sites is 2. The first kappa shape index (κ1) is 26.8. The Kier molecular flexibility index (Phi) is 7.48. The quantitative estimate of drug-likeness (QED) is 0.196. The molecule has 0 radical (unpaired) electrons. The SMILES string of the molecule is CC(C)(C)c1ccccc1Oc1ccc(-c2ccc(F)cc2-c2nn[nH]n2)cc1NC(=O)Nc1ccccc1Cl. The third-order valence-electron chi connectivity index (χ3n) is 6.14. The molecule has 1 aromatic heterocycles. The summed E-state index contributed by atoms with van der Waals surface area (Å²) < 4.78 is 20.6. The van der Waals surface area contributed by atoms with Gasteiger partial charge in [0, 0.05) is 11.1 Å². The Balaban J connectivity index is 1.57. The van der Waals surface area contributed by atoms with Crippen molar-refractivity contribution >= 4 is 29.0 Å². The molecule has 40 heavy (non-hydrogen) atoms. The van der Waals surface area contributed by atoms with E-state index in [-0.39, 0.29) is 11.2 Å². The fourth-order valence-corrected chi connectivity index (χ4v) is 4.43. The summed E-state index contributed by atoms with van der Waals surface area (Å²) in [6.45, 7) is 6.30. The Labute approximate surface area is 235 Å². The molecular weight excluding hydrogens is 531 g/mol. The molecule has 2 amide bonds. The van der Waals surface area contributed by atoms with Crippen molar-refractivity contribution in [2.75, 3.05) is 10.6 Å². The van der Waals surface area contributed by atoms with Gasteiger partial charge in [-0.15, -0.1) is 10.2 Å². The smallest absolute Gasteiger partial charge is 0.323 e. The number of nitrogens with zero attached hydrogens (tertiary/aromatic N) is 3. The predicted molar refractivity (Wildman–Crippen MR) is 154 cm³/mol.